The van der Waals surface area contributed by atoms with Crippen LogP contribution in [0.3, 0.4) is 0 Å². The third-order valence-corrected chi connectivity index (χ3v) is 2.93. The highest BCUT2D eigenvalue weighted by atomic mass is 16.3. The van der Waals surface area contributed by atoms with Crippen molar-refractivity contribution >= 4 is 5.78 Å². The summed E-state index contributed by atoms with van der Waals surface area (Å²) in [6.45, 7) is 1.60. The number of ketones is 1. The van der Waals surface area contributed by atoms with E-state index in [2.05, 4.69) is 0 Å². The molecule has 0 spiro atoms. The summed E-state index contributed by atoms with van der Waals surface area (Å²) in [6.07, 6.45) is 2.20. The minimum atomic E-state index is -1.28. The lowest BCUT2D eigenvalue weighted by molar-refractivity contribution is -0.136. The number of carbonyl (C=O) groups excluding carboxylic acids is 1. The molecular formula is C12H14O2. The molecule has 0 saturated heterocycles. The SMILES string of the molecule is CC1(O)C(=O)CCCc2ccccc21. The van der Waals surface area contributed by atoms with Gasteiger partial charge in [-0.2, -0.15) is 0 Å². The fourth-order valence-electron chi connectivity index (χ4n) is 2.05. The molecule has 0 heterocycles. The first-order valence-corrected chi connectivity index (χ1v) is 4.96. The third kappa shape index (κ3) is 1.36. The zero-order valence-electron chi connectivity index (χ0n) is 8.29. The minimum Gasteiger partial charge on any atom is -0.378 e. The summed E-state index contributed by atoms with van der Waals surface area (Å²) in [5.41, 5.74) is 0.596. The molecular weight excluding hydrogens is 176 g/mol. The Bertz CT molecular complexity index is 366. The molecule has 0 radical (unpaired) electrons. The Morgan fingerprint density at radius 3 is 2.79 bits per heavy atom. The third-order valence-electron chi connectivity index (χ3n) is 2.93. The molecule has 0 bridgehead atoms. The normalized spacial score (nSPS) is 26.9. The Morgan fingerprint density at radius 1 is 1.29 bits per heavy atom. The summed E-state index contributed by atoms with van der Waals surface area (Å²) in [6, 6.07) is 7.65. The van der Waals surface area contributed by atoms with E-state index in [9.17, 15) is 9.90 Å². The summed E-state index contributed by atoms with van der Waals surface area (Å²) in [5.74, 6) is -0.0672. The molecule has 0 amide bonds. The van der Waals surface area contributed by atoms with Crippen molar-refractivity contribution in [3.05, 3.63) is 35.4 Å². The second-order valence-electron chi connectivity index (χ2n) is 4.01. The molecule has 1 aromatic rings. The van der Waals surface area contributed by atoms with Gasteiger partial charge in [0.05, 0.1) is 0 Å². The average Bonchev–Trinajstić information content (AvgIpc) is 2.27. The van der Waals surface area contributed by atoms with Gasteiger partial charge in [0.15, 0.2) is 5.78 Å². The second-order valence-corrected chi connectivity index (χ2v) is 4.01. The topological polar surface area (TPSA) is 37.3 Å². The monoisotopic (exact) mass is 190 g/mol. The molecule has 14 heavy (non-hydrogen) atoms. The Labute approximate surface area is 83.6 Å². The average molecular weight is 190 g/mol. The number of carbonyl (C=O) groups is 1. The molecule has 1 N–H and O–H groups in total. The van der Waals surface area contributed by atoms with Gasteiger partial charge in [0, 0.05) is 6.42 Å². The van der Waals surface area contributed by atoms with Crippen LogP contribution in [0.1, 0.15) is 30.9 Å². The molecule has 74 valence electrons. The Morgan fingerprint density at radius 2 is 2.00 bits per heavy atom. The summed E-state index contributed by atoms with van der Waals surface area (Å²) in [4.78, 5) is 11.6. The second kappa shape index (κ2) is 3.21. The van der Waals surface area contributed by atoms with E-state index in [1.807, 2.05) is 24.3 Å². The fraction of sp³-hybridized carbons (Fsp3) is 0.417. The van der Waals surface area contributed by atoms with Crippen LogP contribution in [0.25, 0.3) is 0 Å². The molecule has 1 aliphatic carbocycles. The number of hydrogen-bond donors (Lipinski definition) is 1. The van der Waals surface area contributed by atoms with Crippen LogP contribution < -0.4 is 0 Å². The van der Waals surface area contributed by atoms with Gasteiger partial charge in [-0.05, 0) is 30.9 Å². The fourth-order valence-corrected chi connectivity index (χ4v) is 2.05. The number of fused-ring (bicyclic) bond motifs is 1. The minimum absolute atomic E-state index is 0.0672. The van der Waals surface area contributed by atoms with Crippen LogP contribution in [0.5, 0.6) is 0 Å². The largest absolute Gasteiger partial charge is 0.378 e. The zero-order chi connectivity index (χ0) is 10.2. The van der Waals surface area contributed by atoms with Crippen LogP contribution in [-0.4, -0.2) is 10.9 Å². The number of Topliss-reactive ketones (excluding diaryl/α,β-unsaturated/α-hetero) is 1. The highest BCUT2D eigenvalue weighted by Crippen LogP contribution is 2.30. The first-order valence-electron chi connectivity index (χ1n) is 4.96. The van der Waals surface area contributed by atoms with Gasteiger partial charge in [-0.25, -0.2) is 0 Å². The maximum atomic E-state index is 11.6. The molecule has 0 fully saturated rings. The predicted molar refractivity (Wildman–Crippen MR) is 54.0 cm³/mol. The lowest BCUT2D eigenvalue weighted by Crippen LogP contribution is -2.31. The smallest absolute Gasteiger partial charge is 0.168 e. The highest BCUT2D eigenvalue weighted by Gasteiger charge is 2.35. The van der Waals surface area contributed by atoms with Crippen LogP contribution >= 0.6 is 0 Å². The molecule has 2 rings (SSSR count). The lowest BCUT2D eigenvalue weighted by atomic mass is 9.89. The quantitative estimate of drug-likeness (QED) is 0.633. The number of rotatable bonds is 0. The standard InChI is InChI=1S/C12H14O2/c1-12(14)10-7-3-2-5-9(10)6-4-8-11(12)13/h2-3,5,7,14H,4,6,8H2,1H3. The molecule has 1 aromatic carbocycles. The Balaban J connectivity index is 2.57. The molecule has 2 nitrogen and oxygen atoms in total. The summed E-state index contributed by atoms with van der Waals surface area (Å²) in [7, 11) is 0. The van der Waals surface area contributed by atoms with Crippen LogP contribution in [0.2, 0.25) is 0 Å². The van der Waals surface area contributed by atoms with Crippen LogP contribution in [0.4, 0.5) is 0 Å². The van der Waals surface area contributed by atoms with Crippen molar-refractivity contribution in [3.8, 4) is 0 Å². The van der Waals surface area contributed by atoms with Crippen molar-refractivity contribution in [2.24, 2.45) is 0 Å². The lowest BCUT2D eigenvalue weighted by Gasteiger charge is -2.22. The van der Waals surface area contributed by atoms with Gasteiger partial charge in [-0.15, -0.1) is 0 Å². The number of hydrogen-bond acceptors (Lipinski definition) is 2. The van der Waals surface area contributed by atoms with Crippen LogP contribution in [-0.2, 0) is 16.8 Å². The van der Waals surface area contributed by atoms with E-state index in [1.165, 1.54) is 0 Å². The molecule has 1 atom stereocenters. The van der Waals surface area contributed by atoms with Crippen molar-refractivity contribution in [1.82, 2.24) is 0 Å². The van der Waals surface area contributed by atoms with Crippen molar-refractivity contribution < 1.29 is 9.90 Å². The van der Waals surface area contributed by atoms with Crippen molar-refractivity contribution in [3.63, 3.8) is 0 Å². The first-order chi connectivity index (χ1) is 6.62. The van der Waals surface area contributed by atoms with Gasteiger partial charge in [0.1, 0.15) is 5.60 Å². The van der Waals surface area contributed by atoms with Gasteiger partial charge in [0.2, 0.25) is 0 Å². The number of aliphatic hydroxyl groups is 1. The number of aryl methyl sites for hydroxylation is 1. The van der Waals surface area contributed by atoms with Gasteiger partial charge < -0.3 is 5.11 Å². The molecule has 0 saturated carbocycles. The van der Waals surface area contributed by atoms with E-state index in [0.717, 1.165) is 24.0 Å². The Kier molecular flexibility index (Phi) is 2.16. The van der Waals surface area contributed by atoms with E-state index >= 15 is 0 Å². The Hall–Kier alpha value is -1.15. The summed E-state index contributed by atoms with van der Waals surface area (Å²) < 4.78 is 0. The van der Waals surface area contributed by atoms with Crippen molar-refractivity contribution in [2.75, 3.05) is 0 Å². The van der Waals surface area contributed by atoms with Gasteiger partial charge in [-0.3, -0.25) is 4.79 Å². The molecule has 0 aromatic heterocycles. The highest BCUT2D eigenvalue weighted by molar-refractivity contribution is 5.88. The predicted octanol–water partition coefficient (Wildman–Crippen LogP) is 1.80. The van der Waals surface area contributed by atoms with Gasteiger partial charge in [0.25, 0.3) is 0 Å². The molecule has 1 unspecified atom stereocenters. The van der Waals surface area contributed by atoms with E-state index in [1.54, 1.807) is 6.92 Å². The van der Waals surface area contributed by atoms with Crippen molar-refractivity contribution in [2.45, 2.75) is 31.8 Å². The van der Waals surface area contributed by atoms with Gasteiger partial charge in [-0.1, -0.05) is 24.3 Å². The van der Waals surface area contributed by atoms with Crippen molar-refractivity contribution in [1.29, 1.82) is 0 Å². The maximum absolute atomic E-state index is 11.6. The summed E-state index contributed by atoms with van der Waals surface area (Å²) >= 11 is 0. The molecule has 2 heteroatoms. The summed E-state index contributed by atoms with van der Waals surface area (Å²) in [5, 5.41) is 10.1. The zero-order valence-corrected chi connectivity index (χ0v) is 8.29. The first kappa shape index (κ1) is 9.41. The van der Waals surface area contributed by atoms with E-state index in [4.69, 9.17) is 0 Å². The van der Waals surface area contributed by atoms with E-state index < -0.39 is 5.60 Å². The molecule has 1 aliphatic rings. The maximum Gasteiger partial charge on any atom is 0.168 e. The van der Waals surface area contributed by atoms with Crippen LogP contribution in [0.15, 0.2) is 24.3 Å². The van der Waals surface area contributed by atoms with Gasteiger partial charge >= 0.3 is 0 Å². The van der Waals surface area contributed by atoms with E-state index in [-0.39, 0.29) is 5.78 Å². The van der Waals surface area contributed by atoms with E-state index in [0.29, 0.717) is 6.42 Å². The van der Waals surface area contributed by atoms with Crippen LogP contribution in [0, 0.1) is 0 Å². The number of benzene rings is 1. The molecule has 0 aliphatic heterocycles.